The van der Waals surface area contributed by atoms with Gasteiger partial charge in [0.2, 0.25) is 5.91 Å². The van der Waals surface area contributed by atoms with Gasteiger partial charge in [-0.25, -0.2) is 0 Å². The zero-order valence-electron chi connectivity index (χ0n) is 25.0. The Bertz CT molecular complexity index is 1520. The summed E-state index contributed by atoms with van der Waals surface area (Å²) in [4.78, 5) is 33.6. The highest BCUT2D eigenvalue weighted by Gasteiger charge is 2.30. The molecule has 0 aliphatic carbocycles. The molecule has 228 valence electrons. The quantitative estimate of drug-likeness (QED) is 0.207. The van der Waals surface area contributed by atoms with E-state index >= 15 is 0 Å². The fraction of sp³-hybridized carbons (Fsp3) is 0.353. The summed E-state index contributed by atoms with van der Waals surface area (Å²) in [7, 11) is 1.53. The van der Waals surface area contributed by atoms with Gasteiger partial charge in [0.05, 0.1) is 12.2 Å². The van der Waals surface area contributed by atoms with Crippen molar-refractivity contribution in [3.63, 3.8) is 0 Å². The molecule has 6 nitrogen and oxygen atoms in total. The number of nitrogens with one attached hydrogen (secondary N) is 1. The Labute approximate surface area is 250 Å². The van der Waals surface area contributed by atoms with E-state index in [1.165, 1.54) is 24.1 Å². The lowest BCUT2D eigenvalue weighted by molar-refractivity contribution is -0.137. The Hall–Kier alpha value is -4.11. The molecule has 0 radical (unpaired) electrons. The molecule has 0 bridgehead atoms. The number of aromatic nitrogens is 1. The van der Waals surface area contributed by atoms with Crippen molar-refractivity contribution in [3.05, 3.63) is 107 Å². The van der Waals surface area contributed by atoms with Gasteiger partial charge in [-0.05, 0) is 58.9 Å². The van der Waals surface area contributed by atoms with Gasteiger partial charge < -0.3 is 19.5 Å². The minimum absolute atomic E-state index is 0.0725. The number of nitrogens with zero attached hydrogens (tertiary/aromatic N) is 2. The summed E-state index contributed by atoms with van der Waals surface area (Å²) in [5, 5.41) is 1.04. The van der Waals surface area contributed by atoms with Crippen LogP contribution in [-0.2, 0) is 34.1 Å². The molecule has 0 saturated heterocycles. The van der Waals surface area contributed by atoms with Gasteiger partial charge >= 0.3 is 6.18 Å². The molecule has 0 spiro atoms. The molecule has 43 heavy (non-hydrogen) atoms. The van der Waals surface area contributed by atoms with Gasteiger partial charge in [0.1, 0.15) is 6.54 Å². The van der Waals surface area contributed by atoms with Gasteiger partial charge in [-0.1, -0.05) is 63.2 Å². The van der Waals surface area contributed by atoms with Crippen LogP contribution in [0.2, 0.25) is 0 Å². The van der Waals surface area contributed by atoms with E-state index in [9.17, 15) is 22.8 Å². The fourth-order valence-electron chi connectivity index (χ4n) is 4.92. The summed E-state index contributed by atoms with van der Waals surface area (Å²) in [6.07, 6.45) is -2.02. The lowest BCUT2D eigenvalue weighted by atomic mass is 9.86. The molecule has 4 aromatic rings. The van der Waals surface area contributed by atoms with E-state index in [0.29, 0.717) is 24.1 Å². The summed E-state index contributed by atoms with van der Waals surface area (Å²) in [5.41, 5.74) is 3.29. The van der Waals surface area contributed by atoms with Crippen LogP contribution in [0.25, 0.3) is 10.9 Å². The SMILES string of the molecule is COCCN(CC(=O)N(CCc1c[nH]c2ccccc12)Cc1ccc(C(F)(F)F)cc1)C(=O)c1ccc(C(C)(C)C)cc1. The number of methoxy groups -OCH3 is 1. The predicted octanol–water partition coefficient (Wildman–Crippen LogP) is 6.84. The number of hydrogen-bond donors (Lipinski definition) is 1. The smallest absolute Gasteiger partial charge is 0.383 e. The van der Waals surface area contributed by atoms with Crippen LogP contribution in [0.1, 0.15) is 53.4 Å². The van der Waals surface area contributed by atoms with Gasteiger partial charge in [0, 0.05) is 49.4 Å². The second kappa shape index (κ2) is 13.5. The van der Waals surface area contributed by atoms with Crippen LogP contribution < -0.4 is 0 Å². The van der Waals surface area contributed by atoms with Gasteiger partial charge in [0.25, 0.3) is 5.91 Å². The van der Waals surface area contributed by atoms with Gasteiger partial charge in [0.15, 0.2) is 0 Å². The number of aromatic amines is 1. The Morgan fingerprint density at radius 1 is 0.837 bits per heavy atom. The maximum Gasteiger partial charge on any atom is 0.416 e. The Morgan fingerprint density at radius 2 is 1.49 bits per heavy atom. The summed E-state index contributed by atoms with van der Waals surface area (Å²) < 4.78 is 44.6. The number of rotatable bonds is 11. The normalized spacial score (nSPS) is 12.0. The van der Waals surface area contributed by atoms with Gasteiger partial charge in [-0.2, -0.15) is 13.2 Å². The highest BCUT2D eigenvalue weighted by molar-refractivity contribution is 5.96. The molecule has 0 fully saturated rings. The highest BCUT2D eigenvalue weighted by atomic mass is 19.4. The van der Waals surface area contributed by atoms with Gasteiger partial charge in [-0.15, -0.1) is 0 Å². The molecule has 3 aromatic carbocycles. The van der Waals surface area contributed by atoms with Crippen molar-refractivity contribution >= 4 is 22.7 Å². The van der Waals surface area contributed by atoms with E-state index in [1.807, 2.05) is 42.6 Å². The molecule has 4 rings (SSSR count). The third-order valence-electron chi connectivity index (χ3n) is 7.51. The minimum atomic E-state index is -4.45. The number of carbonyl (C=O) groups excluding carboxylic acids is 2. The zero-order valence-corrected chi connectivity index (χ0v) is 25.0. The first kappa shape index (κ1) is 31.8. The number of carbonyl (C=O) groups is 2. The maximum atomic E-state index is 13.8. The third-order valence-corrected chi connectivity index (χ3v) is 7.51. The molecule has 0 atom stereocenters. The number of ether oxygens (including phenoxy) is 1. The third kappa shape index (κ3) is 8.26. The van der Waals surface area contributed by atoms with Crippen LogP contribution in [0.4, 0.5) is 13.2 Å². The van der Waals surface area contributed by atoms with Crippen molar-refractivity contribution in [2.75, 3.05) is 33.4 Å². The summed E-state index contributed by atoms with van der Waals surface area (Å²) in [6, 6.07) is 20.0. The average Bonchev–Trinajstić information content (AvgIpc) is 3.39. The molecule has 1 heterocycles. The molecule has 9 heteroatoms. The highest BCUT2D eigenvalue weighted by Crippen LogP contribution is 2.29. The average molecular weight is 594 g/mol. The Balaban J connectivity index is 1.56. The molecule has 0 saturated carbocycles. The number of amides is 2. The first-order valence-corrected chi connectivity index (χ1v) is 14.2. The Morgan fingerprint density at radius 3 is 2.12 bits per heavy atom. The van der Waals surface area contributed by atoms with Crippen LogP contribution >= 0.6 is 0 Å². The lowest BCUT2D eigenvalue weighted by Crippen LogP contribution is -2.44. The van der Waals surface area contributed by atoms with E-state index in [-0.39, 0.29) is 43.5 Å². The molecule has 1 N–H and O–H groups in total. The van der Waals surface area contributed by atoms with Crippen molar-refractivity contribution in [1.82, 2.24) is 14.8 Å². The molecular weight excluding hydrogens is 555 g/mol. The van der Waals surface area contributed by atoms with Crippen LogP contribution in [0, 0.1) is 0 Å². The second-order valence-electron chi connectivity index (χ2n) is 11.7. The van der Waals surface area contributed by atoms with Crippen LogP contribution in [0.5, 0.6) is 0 Å². The standard InChI is InChI=1S/C34H38F3N3O3/c1-33(2,3)27-15-11-25(12-16-27)32(42)40(19-20-43-4)23-31(41)39(22-24-9-13-28(14-10-24)34(35,36)37)18-17-26-21-38-30-8-6-5-7-29(26)30/h5-16,21,38H,17-20,22-23H2,1-4H3. The van der Waals surface area contributed by atoms with E-state index in [4.69, 9.17) is 4.74 Å². The Kier molecular flexibility index (Phi) is 9.96. The van der Waals surface area contributed by atoms with Crippen molar-refractivity contribution in [3.8, 4) is 0 Å². The fourth-order valence-corrected chi connectivity index (χ4v) is 4.92. The predicted molar refractivity (Wildman–Crippen MR) is 162 cm³/mol. The number of alkyl halides is 3. The van der Waals surface area contributed by atoms with E-state index in [0.717, 1.165) is 34.2 Å². The topological polar surface area (TPSA) is 65.6 Å². The number of hydrogen-bond acceptors (Lipinski definition) is 3. The molecular formula is C34H38F3N3O3. The van der Waals surface area contributed by atoms with E-state index in [2.05, 4.69) is 25.8 Å². The van der Waals surface area contributed by atoms with Crippen molar-refractivity contribution in [1.29, 1.82) is 0 Å². The van der Waals surface area contributed by atoms with E-state index in [1.54, 1.807) is 17.0 Å². The molecule has 0 aliphatic heterocycles. The second-order valence-corrected chi connectivity index (χ2v) is 11.7. The van der Waals surface area contributed by atoms with Crippen LogP contribution in [0.3, 0.4) is 0 Å². The van der Waals surface area contributed by atoms with Crippen molar-refractivity contribution in [2.45, 2.75) is 45.3 Å². The first-order valence-electron chi connectivity index (χ1n) is 14.2. The lowest BCUT2D eigenvalue weighted by Gasteiger charge is -2.28. The zero-order chi connectivity index (χ0) is 31.2. The number of para-hydroxylation sites is 1. The van der Waals surface area contributed by atoms with Gasteiger partial charge in [-0.3, -0.25) is 9.59 Å². The van der Waals surface area contributed by atoms with Crippen LogP contribution in [-0.4, -0.2) is 59.9 Å². The van der Waals surface area contributed by atoms with Crippen molar-refractivity contribution < 1.29 is 27.5 Å². The number of fused-ring (bicyclic) bond motifs is 1. The van der Waals surface area contributed by atoms with E-state index < -0.39 is 11.7 Å². The minimum Gasteiger partial charge on any atom is -0.383 e. The molecule has 0 unspecified atom stereocenters. The summed E-state index contributed by atoms with van der Waals surface area (Å²) in [5.74, 6) is -0.604. The summed E-state index contributed by atoms with van der Waals surface area (Å²) >= 11 is 0. The molecule has 2 amide bonds. The molecule has 1 aromatic heterocycles. The monoisotopic (exact) mass is 593 g/mol. The number of H-pyrrole nitrogens is 1. The maximum absolute atomic E-state index is 13.8. The largest absolute Gasteiger partial charge is 0.416 e. The number of benzene rings is 3. The molecule has 0 aliphatic rings. The van der Waals surface area contributed by atoms with Crippen molar-refractivity contribution in [2.24, 2.45) is 0 Å². The number of halogens is 3. The van der Waals surface area contributed by atoms with Crippen LogP contribution in [0.15, 0.2) is 79.0 Å². The first-order chi connectivity index (χ1) is 20.4. The summed E-state index contributed by atoms with van der Waals surface area (Å²) in [6.45, 7) is 6.95.